The van der Waals surface area contributed by atoms with Gasteiger partial charge in [0.25, 0.3) is 0 Å². The summed E-state index contributed by atoms with van der Waals surface area (Å²) in [4.78, 5) is 0. The number of para-hydroxylation sites is 1. The second-order valence-corrected chi connectivity index (χ2v) is 5.75. The van der Waals surface area contributed by atoms with Gasteiger partial charge in [-0.15, -0.1) is 0 Å². The van der Waals surface area contributed by atoms with Crippen LogP contribution in [0.5, 0.6) is 0 Å². The molecule has 0 bridgehead atoms. The van der Waals surface area contributed by atoms with Crippen LogP contribution in [0.25, 0.3) is 11.0 Å². The lowest BCUT2D eigenvalue weighted by Gasteiger charge is -2.13. The fourth-order valence-corrected chi connectivity index (χ4v) is 2.74. The monoisotopic (exact) mass is 299 g/mol. The topological polar surface area (TPSA) is 25.2 Å². The third-order valence-corrected chi connectivity index (χ3v) is 4.07. The molecule has 1 heterocycles. The second kappa shape index (κ2) is 5.92. The minimum atomic E-state index is 0.135. The van der Waals surface area contributed by atoms with Gasteiger partial charge in [0.2, 0.25) is 0 Å². The standard InChI is InChI=1S/C18H18ClNO/c1-12-6-8-13(9-7-12)10-16(20-2)17-11-14-4-3-5-15(19)18(14)21-17/h3-9,11,16,20H,10H2,1-2H3. The highest BCUT2D eigenvalue weighted by Gasteiger charge is 2.16. The van der Waals surface area contributed by atoms with Gasteiger partial charge in [0.1, 0.15) is 5.76 Å². The number of aryl methyl sites for hydroxylation is 1. The van der Waals surface area contributed by atoms with Gasteiger partial charge >= 0.3 is 0 Å². The Kier molecular flexibility index (Phi) is 4.00. The van der Waals surface area contributed by atoms with Crippen LogP contribution in [0.4, 0.5) is 0 Å². The van der Waals surface area contributed by atoms with Crippen molar-refractivity contribution in [3.05, 3.63) is 70.4 Å². The summed E-state index contributed by atoms with van der Waals surface area (Å²) >= 11 is 6.18. The molecule has 3 rings (SSSR count). The summed E-state index contributed by atoms with van der Waals surface area (Å²) in [7, 11) is 1.95. The first-order chi connectivity index (χ1) is 10.2. The minimum absolute atomic E-state index is 0.135. The fraction of sp³-hybridized carbons (Fsp3) is 0.222. The van der Waals surface area contributed by atoms with Gasteiger partial charge in [0.15, 0.2) is 5.58 Å². The van der Waals surface area contributed by atoms with Crippen molar-refractivity contribution in [2.24, 2.45) is 0 Å². The number of rotatable bonds is 4. The number of halogens is 1. The molecule has 0 radical (unpaired) electrons. The molecule has 1 aromatic heterocycles. The van der Waals surface area contributed by atoms with E-state index in [0.717, 1.165) is 23.2 Å². The highest BCUT2D eigenvalue weighted by Crippen LogP contribution is 2.30. The van der Waals surface area contributed by atoms with E-state index in [2.05, 4.69) is 42.6 Å². The summed E-state index contributed by atoms with van der Waals surface area (Å²) in [6.45, 7) is 2.10. The molecule has 3 heteroatoms. The lowest BCUT2D eigenvalue weighted by atomic mass is 10.0. The molecule has 0 aliphatic heterocycles. The zero-order valence-corrected chi connectivity index (χ0v) is 12.9. The Bertz CT molecular complexity index is 746. The molecule has 108 valence electrons. The Morgan fingerprint density at radius 2 is 1.90 bits per heavy atom. The maximum absolute atomic E-state index is 6.18. The highest BCUT2D eigenvalue weighted by molar-refractivity contribution is 6.34. The largest absolute Gasteiger partial charge is 0.458 e. The van der Waals surface area contributed by atoms with E-state index in [1.165, 1.54) is 11.1 Å². The maximum atomic E-state index is 6.18. The number of likely N-dealkylation sites (N-methyl/N-ethyl adjacent to an activating group) is 1. The summed E-state index contributed by atoms with van der Waals surface area (Å²) in [5.74, 6) is 0.918. The second-order valence-electron chi connectivity index (χ2n) is 5.34. The fourth-order valence-electron chi connectivity index (χ4n) is 2.52. The van der Waals surface area contributed by atoms with E-state index in [0.29, 0.717) is 5.02 Å². The van der Waals surface area contributed by atoms with Crippen molar-refractivity contribution in [2.75, 3.05) is 7.05 Å². The van der Waals surface area contributed by atoms with Gasteiger partial charge in [-0.3, -0.25) is 0 Å². The SMILES string of the molecule is CNC(Cc1ccc(C)cc1)c1cc2cccc(Cl)c2o1. The zero-order chi connectivity index (χ0) is 14.8. The molecule has 21 heavy (non-hydrogen) atoms. The van der Waals surface area contributed by atoms with E-state index in [9.17, 15) is 0 Å². The van der Waals surface area contributed by atoms with Crippen LogP contribution in [0.1, 0.15) is 22.9 Å². The molecule has 2 nitrogen and oxygen atoms in total. The molecule has 0 spiro atoms. The number of hydrogen-bond acceptors (Lipinski definition) is 2. The van der Waals surface area contributed by atoms with Gasteiger partial charge in [0, 0.05) is 5.39 Å². The average molecular weight is 300 g/mol. The molecule has 2 aromatic carbocycles. The first kappa shape index (κ1) is 14.2. The van der Waals surface area contributed by atoms with E-state index in [4.69, 9.17) is 16.0 Å². The summed E-state index contributed by atoms with van der Waals surface area (Å²) in [5.41, 5.74) is 3.32. The molecule has 0 saturated heterocycles. The number of hydrogen-bond donors (Lipinski definition) is 1. The number of furan rings is 1. The van der Waals surface area contributed by atoms with E-state index < -0.39 is 0 Å². The minimum Gasteiger partial charge on any atom is -0.458 e. The Balaban J connectivity index is 1.90. The maximum Gasteiger partial charge on any atom is 0.152 e. The molecule has 0 aliphatic carbocycles. The Morgan fingerprint density at radius 3 is 2.57 bits per heavy atom. The van der Waals surface area contributed by atoms with Crippen LogP contribution in [0, 0.1) is 6.92 Å². The van der Waals surface area contributed by atoms with Crippen LogP contribution in [0.15, 0.2) is 52.9 Å². The van der Waals surface area contributed by atoms with Crippen LogP contribution >= 0.6 is 11.6 Å². The van der Waals surface area contributed by atoms with Crippen LogP contribution in [-0.4, -0.2) is 7.05 Å². The van der Waals surface area contributed by atoms with Gasteiger partial charge < -0.3 is 9.73 Å². The molecular formula is C18H18ClNO. The third-order valence-electron chi connectivity index (χ3n) is 3.77. The van der Waals surface area contributed by atoms with Crippen LogP contribution in [-0.2, 0) is 6.42 Å². The number of fused-ring (bicyclic) bond motifs is 1. The summed E-state index contributed by atoms with van der Waals surface area (Å²) in [6.07, 6.45) is 0.883. The van der Waals surface area contributed by atoms with Crippen LogP contribution in [0.3, 0.4) is 0 Å². The summed E-state index contributed by atoms with van der Waals surface area (Å²) in [6, 6.07) is 16.6. The Hall–Kier alpha value is -1.77. The smallest absolute Gasteiger partial charge is 0.152 e. The highest BCUT2D eigenvalue weighted by atomic mass is 35.5. The molecule has 1 N–H and O–H groups in total. The number of nitrogens with one attached hydrogen (secondary N) is 1. The molecule has 0 amide bonds. The van der Waals surface area contributed by atoms with E-state index >= 15 is 0 Å². The van der Waals surface area contributed by atoms with Crippen molar-refractivity contribution in [3.63, 3.8) is 0 Å². The molecule has 3 aromatic rings. The lowest BCUT2D eigenvalue weighted by Crippen LogP contribution is -2.18. The van der Waals surface area contributed by atoms with E-state index in [1.54, 1.807) is 0 Å². The van der Waals surface area contributed by atoms with Crippen molar-refractivity contribution < 1.29 is 4.42 Å². The average Bonchev–Trinajstić information content (AvgIpc) is 2.92. The predicted molar refractivity (Wildman–Crippen MR) is 87.9 cm³/mol. The normalized spacial score (nSPS) is 12.7. The van der Waals surface area contributed by atoms with Gasteiger partial charge in [-0.2, -0.15) is 0 Å². The van der Waals surface area contributed by atoms with Crippen molar-refractivity contribution in [2.45, 2.75) is 19.4 Å². The van der Waals surface area contributed by atoms with Gasteiger partial charge in [-0.05, 0) is 38.1 Å². The Labute approximate surface area is 129 Å². The van der Waals surface area contributed by atoms with Gasteiger partial charge in [0.05, 0.1) is 11.1 Å². The number of benzene rings is 2. The van der Waals surface area contributed by atoms with E-state index in [1.807, 2.05) is 25.2 Å². The summed E-state index contributed by atoms with van der Waals surface area (Å²) < 4.78 is 5.95. The first-order valence-corrected chi connectivity index (χ1v) is 7.46. The first-order valence-electron chi connectivity index (χ1n) is 7.08. The zero-order valence-electron chi connectivity index (χ0n) is 12.2. The van der Waals surface area contributed by atoms with Crippen molar-refractivity contribution in [3.8, 4) is 0 Å². The van der Waals surface area contributed by atoms with Gasteiger partial charge in [-0.1, -0.05) is 53.6 Å². The molecular weight excluding hydrogens is 282 g/mol. The van der Waals surface area contributed by atoms with Gasteiger partial charge in [-0.25, -0.2) is 0 Å². The lowest BCUT2D eigenvalue weighted by molar-refractivity contribution is 0.451. The quantitative estimate of drug-likeness (QED) is 0.741. The molecule has 0 saturated carbocycles. The molecule has 0 aliphatic rings. The molecule has 1 unspecified atom stereocenters. The van der Waals surface area contributed by atoms with Crippen molar-refractivity contribution in [1.82, 2.24) is 5.32 Å². The van der Waals surface area contributed by atoms with Crippen LogP contribution in [0.2, 0.25) is 5.02 Å². The van der Waals surface area contributed by atoms with Crippen molar-refractivity contribution >= 4 is 22.6 Å². The Morgan fingerprint density at radius 1 is 1.14 bits per heavy atom. The molecule has 1 atom stereocenters. The van der Waals surface area contributed by atoms with Crippen molar-refractivity contribution in [1.29, 1.82) is 0 Å². The third kappa shape index (κ3) is 2.97. The van der Waals surface area contributed by atoms with E-state index in [-0.39, 0.29) is 6.04 Å². The predicted octanol–water partition coefficient (Wildman–Crippen LogP) is 4.90. The van der Waals surface area contributed by atoms with Crippen LogP contribution < -0.4 is 5.32 Å². The molecule has 0 fully saturated rings. The summed E-state index contributed by atoms with van der Waals surface area (Å²) in [5, 5.41) is 5.02.